The maximum atomic E-state index is 14.2. The first-order chi connectivity index (χ1) is 20.4. The van der Waals surface area contributed by atoms with E-state index in [-0.39, 0.29) is 23.1 Å². The Morgan fingerprint density at radius 1 is 1.05 bits per heavy atom. The molecule has 0 fully saturated rings. The zero-order valence-corrected chi connectivity index (χ0v) is 23.1. The second-order valence-electron chi connectivity index (χ2n) is 10.1. The second kappa shape index (κ2) is 9.54. The van der Waals surface area contributed by atoms with Gasteiger partial charge in [-0.3, -0.25) is 10.2 Å². The summed E-state index contributed by atoms with van der Waals surface area (Å²) < 4.78 is 18.5. The van der Waals surface area contributed by atoms with Gasteiger partial charge in [-0.25, -0.2) is 9.97 Å². The summed E-state index contributed by atoms with van der Waals surface area (Å²) in [5.74, 6) is 1.01. The van der Waals surface area contributed by atoms with Crippen LogP contribution in [0.3, 0.4) is 0 Å². The minimum absolute atomic E-state index is 0.0955. The molecule has 1 atom stereocenters. The average molecular weight is 566 g/mol. The number of carbonyl (C=O) groups is 1. The third kappa shape index (κ3) is 3.68. The van der Waals surface area contributed by atoms with E-state index in [1.807, 2.05) is 28.8 Å². The fourth-order valence-corrected chi connectivity index (χ4v) is 6.07. The van der Waals surface area contributed by atoms with Crippen LogP contribution in [0, 0.1) is 5.41 Å². The smallest absolute Gasteiger partial charge is 0.274 e. The van der Waals surface area contributed by atoms with Crippen molar-refractivity contribution in [2.75, 3.05) is 32.8 Å². The summed E-state index contributed by atoms with van der Waals surface area (Å²) in [6.45, 7) is 0.803. The Morgan fingerprint density at radius 3 is 2.60 bits per heavy atom. The number of carbonyl (C=O) groups excluding carboxylic acids is 1. The van der Waals surface area contributed by atoms with Gasteiger partial charge in [0.05, 0.1) is 45.2 Å². The molecule has 1 aliphatic rings. The number of hydrogen-bond donors (Lipinski definition) is 4. The number of ether oxygens (including phenoxy) is 3. The topological polar surface area (TPSA) is 154 Å². The molecule has 0 saturated carbocycles. The third-order valence-corrected chi connectivity index (χ3v) is 7.91. The molecule has 0 saturated heterocycles. The predicted octanol–water partition coefficient (Wildman–Crippen LogP) is 4.05. The van der Waals surface area contributed by atoms with Gasteiger partial charge in [0.15, 0.2) is 22.6 Å². The van der Waals surface area contributed by atoms with E-state index >= 15 is 0 Å². The van der Waals surface area contributed by atoms with E-state index < -0.39 is 0 Å². The number of benzene rings is 3. The number of anilines is 1. The van der Waals surface area contributed by atoms with Gasteiger partial charge in [0.1, 0.15) is 17.0 Å². The fraction of sp³-hybridized carbons (Fsp3) is 0.200. The van der Waals surface area contributed by atoms with Gasteiger partial charge in [0.25, 0.3) is 5.91 Å². The van der Waals surface area contributed by atoms with Crippen molar-refractivity contribution in [2.45, 2.75) is 12.5 Å². The van der Waals surface area contributed by atoms with Crippen LogP contribution >= 0.6 is 0 Å². The van der Waals surface area contributed by atoms with Crippen LogP contribution in [-0.2, 0) is 6.54 Å². The molecular weight excluding hydrogens is 538 g/mol. The van der Waals surface area contributed by atoms with Crippen molar-refractivity contribution in [2.24, 2.45) is 0 Å². The lowest BCUT2D eigenvalue weighted by Crippen LogP contribution is -2.31. The summed E-state index contributed by atoms with van der Waals surface area (Å²) in [6, 6.07) is 12.8. The Kier molecular flexibility index (Phi) is 5.78. The molecule has 12 nitrogen and oxygen atoms in total. The van der Waals surface area contributed by atoms with Crippen LogP contribution in [-0.4, -0.2) is 63.4 Å². The highest BCUT2D eigenvalue weighted by Crippen LogP contribution is 2.47. The van der Waals surface area contributed by atoms with Crippen molar-refractivity contribution in [1.82, 2.24) is 24.5 Å². The molecule has 0 unspecified atom stereocenters. The van der Waals surface area contributed by atoms with E-state index in [0.717, 1.165) is 16.3 Å². The van der Waals surface area contributed by atoms with Crippen LogP contribution in [0.1, 0.15) is 22.0 Å². The molecule has 0 aliphatic carbocycles. The molecule has 4 heterocycles. The molecule has 0 spiro atoms. The lowest BCUT2D eigenvalue weighted by atomic mass is 9.94. The Morgan fingerprint density at radius 2 is 1.83 bits per heavy atom. The molecule has 1 aliphatic heterocycles. The van der Waals surface area contributed by atoms with Crippen LogP contribution in [0.25, 0.3) is 32.8 Å². The highest BCUT2D eigenvalue weighted by Gasteiger charge is 2.36. The SMILES string of the molecule is COc1cc2cc(C(=O)N3C[C@@H](Cn4cnc(=N)c5[nH]cnc54)c4c3cc(O)c3ccccc43)[nH]c2c(OC)c1OC. The molecule has 3 aromatic carbocycles. The van der Waals surface area contributed by atoms with Crippen molar-refractivity contribution in [3.8, 4) is 23.0 Å². The molecule has 0 bridgehead atoms. The van der Waals surface area contributed by atoms with E-state index in [1.54, 1.807) is 42.9 Å². The van der Waals surface area contributed by atoms with Gasteiger partial charge in [-0.05, 0) is 23.1 Å². The van der Waals surface area contributed by atoms with Gasteiger partial charge >= 0.3 is 0 Å². The molecule has 0 radical (unpaired) electrons. The molecule has 1 amide bonds. The van der Waals surface area contributed by atoms with Crippen molar-refractivity contribution >= 4 is 44.4 Å². The van der Waals surface area contributed by atoms with Crippen molar-refractivity contribution < 1.29 is 24.1 Å². The number of aromatic amines is 2. The zero-order chi connectivity index (χ0) is 29.1. The summed E-state index contributed by atoms with van der Waals surface area (Å²) in [7, 11) is 4.60. The summed E-state index contributed by atoms with van der Waals surface area (Å²) in [5.41, 5.74) is 3.78. The average Bonchev–Trinajstić information content (AvgIpc) is 3.75. The Hall–Kier alpha value is -5.52. The van der Waals surface area contributed by atoms with Crippen molar-refractivity contribution in [3.05, 3.63) is 71.9 Å². The van der Waals surface area contributed by atoms with E-state index in [2.05, 4.69) is 19.9 Å². The number of aromatic hydroxyl groups is 1. The first-order valence-electron chi connectivity index (χ1n) is 13.2. The van der Waals surface area contributed by atoms with E-state index in [0.29, 0.717) is 63.8 Å². The predicted molar refractivity (Wildman–Crippen MR) is 156 cm³/mol. The fourth-order valence-electron chi connectivity index (χ4n) is 6.07. The minimum Gasteiger partial charge on any atom is -0.507 e. The third-order valence-electron chi connectivity index (χ3n) is 7.91. The molecular formula is C30H27N7O5. The monoisotopic (exact) mass is 565 g/mol. The summed E-state index contributed by atoms with van der Waals surface area (Å²) in [5, 5.41) is 21.4. The number of fused-ring (bicyclic) bond motifs is 5. The lowest BCUT2D eigenvalue weighted by Gasteiger charge is -2.18. The van der Waals surface area contributed by atoms with E-state index in [4.69, 9.17) is 19.6 Å². The standard InChI is InChI=1S/C30H27N7O5/c1-40-22-9-15-8-19(35-24(15)27(42-3)26(22)41-2)30(39)37-12-16(11-36-14-34-28(31)25-29(36)33-13-32-25)23-18-7-5-4-6-17(18)21(38)10-20(23)37/h4-10,13-14,16,31,35,38H,11-12H2,1-3H3,(H,32,33)/t16-/m1/s1. The summed E-state index contributed by atoms with van der Waals surface area (Å²) >= 11 is 0. The first kappa shape index (κ1) is 25.4. The second-order valence-corrected chi connectivity index (χ2v) is 10.1. The number of imidazole rings is 1. The van der Waals surface area contributed by atoms with Crippen LogP contribution in [0.4, 0.5) is 5.69 Å². The van der Waals surface area contributed by atoms with Crippen molar-refractivity contribution in [3.63, 3.8) is 0 Å². The van der Waals surface area contributed by atoms with Crippen LogP contribution in [0.5, 0.6) is 23.0 Å². The van der Waals surface area contributed by atoms with Crippen LogP contribution < -0.4 is 24.6 Å². The molecule has 42 heavy (non-hydrogen) atoms. The molecule has 212 valence electrons. The van der Waals surface area contributed by atoms with Gasteiger partial charge in [0, 0.05) is 35.8 Å². The maximum absolute atomic E-state index is 14.2. The van der Waals surface area contributed by atoms with Gasteiger partial charge < -0.3 is 38.8 Å². The van der Waals surface area contributed by atoms with Crippen LogP contribution in [0.2, 0.25) is 0 Å². The number of phenols is 1. The number of methoxy groups -OCH3 is 3. The minimum atomic E-state index is -0.265. The molecule has 7 rings (SSSR count). The maximum Gasteiger partial charge on any atom is 0.274 e. The Bertz CT molecular complexity index is 2090. The Balaban J connectivity index is 1.36. The van der Waals surface area contributed by atoms with E-state index in [1.165, 1.54) is 14.2 Å². The molecule has 12 heteroatoms. The first-order valence-corrected chi connectivity index (χ1v) is 13.2. The molecule has 4 N–H and O–H groups in total. The quantitative estimate of drug-likeness (QED) is 0.238. The number of rotatable bonds is 6. The van der Waals surface area contributed by atoms with Gasteiger partial charge in [-0.15, -0.1) is 0 Å². The highest BCUT2D eigenvalue weighted by molar-refractivity contribution is 6.12. The van der Waals surface area contributed by atoms with Crippen LogP contribution in [0.15, 0.2) is 55.1 Å². The molecule has 3 aromatic heterocycles. The number of hydrogen-bond acceptors (Lipinski definition) is 8. The van der Waals surface area contributed by atoms with E-state index in [9.17, 15) is 9.90 Å². The summed E-state index contributed by atoms with van der Waals surface area (Å²) in [6.07, 6.45) is 3.14. The van der Waals surface area contributed by atoms with Crippen molar-refractivity contribution in [1.29, 1.82) is 5.41 Å². The molecule has 6 aromatic rings. The normalized spacial score (nSPS) is 14.5. The zero-order valence-electron chi connectivity index (χ0n) is 23.1. The summed E-state index contributed by atoms with van der Waals surface area (Å²) in [4.78, 5) is 30.7. The van der Waals surface area contributed by atoms with Gasteiger partial charge in [-0.2, -0.15) is 0 Å². The number of amides is 1. The highest BCUT2D eigenvalue weighted by atomic mass is 16.5. The lowest BCUT2D eigenvalue weighted by molar-refractivity contribution is 0.0984. The number of aromatic nitrogens is 5. The number of H-pyrrole nitrogens is 2. The number of nitrogens with one attached hydrogen (secondary N) is 3. The van der Waals surface area contributed by atoms with Gasteiger partial charge in [0.2, 0.25) is 5.75 Å². The number of phenolic OH excluding ortho intramolecular Hbond substituents is 1. The Labute approximate surface area is 238 Å². The number of nitrogens with zero attached hydrogens (tertiary/aromatic N) is 4. The largest absolute Gasteiger partial charge is 0.507 e. The van der Waals surface area contributed by atoms with Gasteiger partial charge in [-0.1, -0.05) is 24.3 Å².